The summed E-state index contributed by atoms with van der Waals surface area (Å²) in [6, 6.07) is 13.6. The summed E-state index contributed by atoms with van der Waals surface area (Å²) in [4.78, 5) is 25.6. The van der Waals surface area contributed by atoms with Crippen molar-refractivity contribution in [2.75, 3.05) is 10.6 Å². The number of hydrogen-bond acceptors (Lipinski definition) is 3. The lowest BCUT2D eigenvalue weighted by molar-refractivity contribution is 0.102. The average molecular weight is 425 g/mol. The maximum absolute atomic E-state index is 13.0. The van der Waals surface area contributed by atoms with Gasteiger partial charge in [-0.2, -0.15) is 5.10 Å². The number of hydrogen-bond donors (Lipinski definition) is 2. The number of aromatic nitrogens is 2. The Morgan fingerprint density at radius 3 is 2.53 bits per heavy atom. The van der Waals surface area contributed by atoms with Gasteiger partial charge in [0.15, 0.2) is 0 Å². The Balaban J connectivity index is 1.81. The number of unbranched alkanes of at least 4 members (excludes halogenated alkanes) is 1. The minimum Gasteiger partial charge on any atom is -0.321 e. The van der Waals surface area contributed by atoms with Crippen molar-refractivity contribution in [2.45, 2.75) is 40.2 Å². The molecule has 1 aromatic heterocycles. The molecule has 3 rings (SSSR count). The van der Waals surface area contributed by atoms with Gasteiger partial charge in [0.25, 0.3) is 11.8 Å². The van der Waals surface area contributed by atoms with Crippen molar-refractivity contribution in [3.63, 3.8) is 0 Å². The van der Waals surface area contributed by atoms with Gasteiger partial charge in [0, 0.05) is 17.1 Å². The molecule has 156 valence electrons. The summed E-state index contributed by atoms with van der Waals surface area (Å²) in [5, 5.41) is 10.8. The van der Waals surface area contributed by atoms with Gasteiger partial charge in [0.1, 0.15) is 0 Å². The Bertz CT molecular complexity index is 1070. The molecule has 0 saturated heterocycles. The number of nitrogens with zero attached hydrogens (tertiary/aromatic N) is 2. The summed E-state index contributed by atoms with van der Waals surface area (Å²) in [6.45, 7) is 6.75. The summed E-state index contributed by atoms with van der Waals surface area (Å²) in [5.74, 6) is -0.643. The largest absolute Gasteiger partial charge is 0.321 e. The third-order valence-corrected chi connectivity index (χ3v) is 5.09. The van der Waals surface area contributed by atoms with E-state index in [0.717, 1.165) is 30.8 Å². The first-order chi connectivity index (χ1) is 14.4. The summed E-state index contributed by atoms with van der Waals surface area (Å²) < 4.78 is 1.92. The quantitative estimate of drug-likeness (QED) is 0.528. The molecule has 0 fully saturated rings. The van der Waals surface area contributed by atoms with Gasteiger partial charge in [-0.1, -0.05) is 43.1 Å². The Morgan fingerprint density at radius 1 is 1.03 bits per heavy atom. The zero-order chi connectivity index (χ0) is 21.7. The third-order valence-electron chi connectivity index (χ3n) is 4.85. The van der Waals surface area contributed by atoms with Crippen molar-refractivity contribution in [3.05, 3.63) is 76.1 Å². The van der Waals surface area contributed by atoms with E-state index < -0.39 is 0 Å². The average Bonchev–Trinajstić information content (AvgIpc) is 3.00. The van der Waals surface area contributed by atoms with Crippen molar-refractivity contribution in [2.24, 2.45) is 0 Å². The molecule has 0 bridgehead atoms. The highest BCUT2D eigenvalue weighted by Gasteiger charge is 2.18. The fraction of sp³-hybridized carbons (Fsp3) is 0.261. The molecule has 3 aromatic rings. The molecule has 30 heavy (non-hydrogen) atoms. The molecule has 2 amide bonds. The van der Waals surface area contributed by atoms with E-state index in [1.54, 1.807) is 48.5 Å². The van der Waals surface area contributed by atoms with Crippen LogP contribution < -0.4 is 10.6 Å². The Hall–Kier alpha value is -3.12. The number of benzene rings is 2. The number of rotatable bonds is 7. The van der Waals surface area contributed by atoms with Crippen molar-refractivity contribution in [3.8, 4) is 0 Å². The van der Waals surface area contributed by atoms with Gasteiger partial charge in [-0.25, -0.2) is 0 Å². The van der Waals surface area contributed by atoms with Crippen LogP contribution in [0.1, 0.15) is 51.9 Å². The molecule has 1 heterocycles. The lowest BCUT2D eigenvalue weighted by Gasteiger charge is -2.12. The van der Waals surface area contributed by atoms with Crippen LogP contribution in [0.2, 0.25) is 5.02 Å². The molecule has 0 aliphatic carbocycles. The summed E-state index contributed by atoms with van der Waals surface area (Å²) >= 11 is 5.98. The maximum Gasteiger partial charge on any atom is 0.257 e. The van der Waals surface area contributed by atoms with Crippen molar-refractivity contribution in [1.29, 1.82) is 0 Å². The van der Waals surface area contributed by atoms with Crippen LogP contribution in [-0.4, -0.2) is 21.6 Å². The summed E-state index contributed by atoms with van der Waals surface area (Å²) in [7, 11) is 0. The first-order valence-corrected chi connectivity index (χ1v) is 10.3. The van der Waals surface area contributed by atoms with Gasteiger partial charge in [0.2, 0.25) is 0 Å². The Morgan fingerprint density at radius 2 is 1.80 bits per heavy atom. The smallest absolute Gasteiger partial charge is 0.257 e. The molecular formula is C23H25ClN4O2. The summed E-state index contributed by atoms with van der Waals surface area (Å²) in [5.41, 5.74) is 3.59. The number of anilines is 2. The number of para-hydroxylation sites is 1. The molecular weight excluding hydrogens is 400 g/mol. The number of halogens is 1. The van der Waals surface area contributed by atoms with Gasteiger partial charge in [-0.15, -0.1) is 0 Å². The second-order valence-corrected chi connectivity index (χ2v) is 7.52. The highest BCUT2D eigenvalue weighted by atomic mass is 35.5. The molecule has 0 spiro atoms. The van der Waals surface area contributed by atoms with Crippen LogP contribution in [0, 0.1) is 13.8 Å². The maximum atomic E-state index is 13.0. The fourth-order valence-electron chi connectivity index (χ4n) is 3.20. The van der Waals surface area contributed by atoms with Gasteiger partial charge < -0.3 is 10.6 Å². The lowest BCUT2D eigenvalue weighted by atomic mass is 10.1. The minimum atomic E-state index is -0.336. The van der Waals surface area contributed by atoms with Crippen LogP contribution >= 0.6 is 11.6 Å². The van der Waals surface area contributed by atoms with E-state index >= 15 is 0 Å². The molecule has 0 aliphatic heterocycles. The molecule has 0 unspecified atom stereocenters. The summed E-state index contributed by atoms with van der Waals surface area (Å²) in [6.07, 6.45) is 2.09. The van der Waals surface area contributed by atoms with Crippen LogP contribution in [0.3, 0.4) is 0 Å². The van der Waals surface area contributed by atoms with Crippen LogP contribution in [0.5, 0.6) is 0 Å². The van der Waals surface area contributed by atoms with Crippen molar-refractivity contribution < 1.29 is 9.59 Å². The first-order valence-electron chi connectivity index (χ1n) is 9.92. The molecule has 0 radical (unpaired) electrons. The number of aryl methyl sites for hydroxylation is 2. The lowest BCUT2D eigenvalue weighted by Crippen LogP contribution is -2.18. The van der Waals surface area contributed by atoms with Gasteiger partial charge in [0.05, 0.1) is 28.3 Å². The topological polar surface area (TPSA) is 76.0 Å². The number of carbonyl (C=O) groups excluding carboxylic acids is 2. The van der Waals surface area contributed by atoms with Crippen LogP contribution in [0.25, 0.3) is 0 Å². The number of amides is 2. The van der Waals surface area contributed by atoms with E-state index in [2.05, 4.69) is 22.7 Å². The monoisotopic (exact) mass is 424 g/mol. The second kappa shape index (κ2) is 9.59. The molecule has 7 heteroatoms. The van der Waals surface area contributed by atoms with E-state index in [4.69, 9.17) is 11.6 Å². The number of nitrogens with one attached hydrogen (secondary N) is 2. The van der Waals surface area contributed by atoms with E-state index in [-0.39, 0.29) is 11.8 Å². The molecule has 0 saturated carbocycles. The molecule has 0 aliphatic rings. The van der Waals surface area contributed by atoms with Crippen molar-refractivity contribution in [1.82, 2.24) is 9.78 Å². The Labute approximate surface area is 181 Å². The minimum absolute atomic E-state index is 0.307. The van der Waals surface area contributed by atoms with E-state index in [9.17, 15) is 9.59 Å². The first kappa shape index (κ1) is 21.6. The predicted octanol–water partition coefficient (Wildman–Crippen LogP) is 5.46. The van der Waals surface area contributed by atoms with E-state index in [1.807, 2.05) is 18.5 Å². The van der Waals surface area contributed by atoms with E-state index in [0.29, 0.717) is 27.5 Å². The molecule has 0 atom stereocenters. The third kappa shape index (κ3) is 4.89. The highest BCUT2D eigenvalue weighted by molar-refractivity contribution is 6.31. The standard InChI is InChI=1S/C23H25ClN4O2/c1-4-5-13-28-16(3)21(15(2)27-28)26-23(30)19-11-6-7-12-20(19)25-22(29)17-9-8-10-18(24)14-17/h6-12,14H,4-5,13H2,1-3H3,(H,25,29)(H,26,30). The van der Waals surface area contributed by atoms with E-state index in [1.165, 1.54) is 0 Å². The number of carbonyl (C=O) groups is 2. The second-order valence-electron chi connectivity index (χ2n) is 7.09. The van der Waals surface area contributed by atoms with Crippen LogP contribution in [0.4, 0.5) is 11.4 Å². The SMILES string of the molecule is CCCCn1nc(C)c(NC(=O)c2ccccc2NC(=O)c2cccc(Cl)c2)c1C. The zero-order valence-electron chi connectivity index (χ0n) is 17.3. The zero-order valence-corrected chi connectivity index (χ0v) is 18.1. The Kier molecular flexibility index (Phi) is 6.90. The molecule has 2 aromatic carbocycles. The highest BCUT2D eigenvalue weighted by Crippen LogP contribution is 2.23. The van der Waals surface area contributed by atoms with Crippen LogP contribution in [-0.2, 0) is 6.54 Å². The van der Waals surface area contributed by atoms with Gasteiger partial charge >= 0.3 is 0 Å². The molecule has 2 N–H and O–H groups in total. The predicted molar refractivity (Wildman–Crippen MR) is 120 cm³/mol. The van der Waals surface area contributed by atoms with Crippen molar-refractivity contribution >= 4 is 34.8 Å². The normalized spacial score (nSPS) is 10.7. The molecule has 6 nitrogen and oxygen atoms in total. The van der Waals surface area contributed by atoms with Gasteiger partial charge in [-0.05, 0) is 50.6 Å². The van der Waals surface area contributed by atoms with Gasteiger partial charge in [-0.3, -0.25) is 14.3 Å². The van der Waals surface area contributed by atoms with Crippen LogP contribution in [0.15, 0.2) is 48.5 Å². The fourth-order valence-corrected chi connectivity index (χ4v) is 3.39.